The predicted octanol–water partition coefficient (Wildman–Crippen LogP) is 3.15. The van der Waals surface area contributed by atoms with E-state index in [1.165, 1.54) is 11.3 Å². The van der Waals surface area contributed by atoms with Gasteiger partial charge >= 0.3 is 0 Å². The number of carbonyl (C=O) groups is 1. The van der Waals surface area contributed by atoms with Crippen molar-refractivity contribution in [3.63, 3.8) is 0 Å². The van der Waals surface area contributed by atoms with E-state index in [-0.39, 0.29) is 48.1 Å². The normalized spacial score (nSPS) is 22.3. The van der Waals surface area contributed by atoms with Crippen LogP contribution >= 0.6 is 35.3 Å². The number of guanidine groups is 1. The molecule has 1 spiro atoms. The second-order valence-corrected chi connectivity index (χ2v) is 8.53. The molecular formula is C19H31IN4O2S. The predicted molar refractivity (Wildman–Crippen MR) is 121 cm³/mol. The summed E-state index contributed by atoms with van der Waals surface area (Å²) in [4.78, 5) is 19.3. The maximum Gasteiger partial charge on any atom is 0.243 e. The average Bonchev–Trinajstić information content (AvgIpc) is 3.12. The van der Waals surface area contributed by atoms with Crippen LogP contribution in [0.4, 0.5) is 0 Å². The average molecular weight is 506 g/mol. The number of amides is 1. The van der Waals surface area contributed by atoms with Crippen molar-refractivity contribution in [2.24, 2.45) is 4.99 Å². The first kappa shape index (κ1) is 22.4. The Labute approximate surface area is 183 Å². The largest absolute Gasteiger partial charge is 0.375 e. The van der Waals surface area contributed by atoms with Gasteiger partial charge in [-0.2, -0.15) is 0 Å². The molecule has 1 aliphatic carbocycles. The van der Waals surface area contributed by atoms with Gasteiger partial charge in [-0.05, 0) is 50.5 Å². The summed E-state index contributed by atoms with van der Waals surface area (Å²) in [5, 5.41) is 9.10. The van der Waals surface area contributed by atoms with Crippen LogP contribution in [0.3, 0.4) is 0 Å². The summed E-state index contributed by atoms with van der Waals surface area (Å²) in [7, 11) is 3.51. The molecule has 2 unspecified atom stereocenters. The summed E-state index contributed by atoms with van der Waals surface area (Å²) < 4.78 is 6.02. The van der Waals surface area contributed by atoms with Gasteiger partial charge < -0.3 is 20.3 Å². The van der Waals surface area contributed by atoms with E-state index < -0.39 is 0 Å². The third-order valence-electron chi connectivity index (χ3n) is 5.29. The van der Waals surface area contributed by atoms with Crippen molar-refractivity contribution in [1.29, 1.82) is 0 Å². The van der Waals surface area contributed by atoms with Crippen molar-refractivity contribution >= 4 is 47.2 Å². The first-order valence-corrected chi connectivity index (χ1v) is 10.3. The molecule has 1 aromatic rings. The van der Waals surface area contributed by atoms with Crippen molar-refractivity contribution in [1.82, 2.24) is 15.5 Å². The van der Waals surface area contributed by atoms with Crippen molar-refractivity contribution in [2.75, 3.05) is 27.2 Å². The zero-order chi connectivity index (χ0) is 18.6. The molecule has 1 aliphatic heterocycles. The number of likely N-dealkylation sites (N-methyl/N-ethyl adjacent to an activating group) is 1. The van der Waals surface area contributed by atoms with E-state index in [0.717, 1.165) is 32.3 Å². The molecule has 2 fully saturated rings. The van der Waals surface area contributed by atoms with Crippen molar-refractivity contribution < 1.29 is 9.53 Å². The maximum atomic E-state index is 12.0. The quantitative estimate of drug-likeness (QED) is 0.366. The number of nitrogens with one attached hydrogen (secondary N) is 2. The molecular weight excluding hydrogens is 475 g/mol. The fourth-order valence-electron chi connectivity index (χ4n) is 3.50. The molecule has 1 saturated carbocycles. The highest BCUT2D eigenvalue weighted by Gasteiger charge is 2.42. The summed E-state index contributed by atoms with van der Waals surface area (Å²) in [6.45, 7) is 3.06. The summed E-state index contributed by atoms with van der Waals surface area (Å²) in [5.41, 5.74) is 0.0832. The number of ether oxygens (including phenoxy) is 1. The van der Waals surface area contributed by atoms with Crippen LogP contribution in [-0.2, 0) is 9.53 Å². The Kier molecular flexibility index (Phi) is 8.36. The molecule has 3 rings (SSSR count). The molecule has 8 heteroatoms. The monoisotopic (exact) mass is 506 g/mol. The molecule has 152 valence electrons. The molecule has 2 atom stereocenters. The fourth-order valence-corrected chi connectivity index (χ4v) is 4.23. The number of hydrogen-bond donors (Lipinski definition) is 2. The van der Waals surface area contributed by atoms with Crippen LogP contribution in [-0.4, -0.2) is 55.7 Å². The first-order chi connectivity index (χ1) is 12.5. The van der Waals surface area contributed by atoms with E-state index >= 15 is 0 Å². The third-order valence-corrected chi connectivity index (χ3v) is 6.35. The van der Waals surface area contributed by atoms with Crippen LogP contribution in [0.15, 0.2) is 22.5 Å². The highest BCUT2D eigenvalue weighted by Crippen LogP contribution is 2.42. The minimum Gasteiger partial charge on any atom is -0.375 e. The number of nitrogens with zero attached hydrogens (tertiary/aromatic N) is 2. The lowest BCUT2D eigenvalue weighted by atomic mass is 9.74. The van der Waals surface area contributed by atoms with Gasteiger partial charge in [0.2, 0.25) is 5.91 Å². The van der Waals surface area contributed by atoms with E-state index in [4.69, 9.17) is 4.74 Å². The second kappa shape index (κ2) is 10.1. The lowest BCUT2D eigenvalue weighted by Crippen LogP contribution is -2.54. The van der Waals surface area contributed by atoms with Crippen molar-refractivity contribution in [2.45, 2.75) is 56.7 Å². The molecule has 27 heavy (non-hydrogen) atoms. The van der Waals surface area contributed by atoms with Crippen molar-refractivity contribution in [3.8, 4) is 0 Å². The van der Waals surface area contributed by atoms with Gasteiger partial charge in [0, 0.05) is 31.6 Å². The van der Waals surface area contributed by atoms with Gasteiger partial charge in [-0.3, -0.25) is 4.79 Å². The van der Waals surface area contributed by atoms with E-state index in [1.54, 1.807) is 30.3 Å². The smallest absolute Gasteiger partial charge is 0.243 e. The van der Waals surface area contributed by atoms with E-state index in [9.17, 15) is 4.79 Å². The minimum atomic E-state index is -0.00248. The zero-order valence-corrected chi connectivity index (χ0v) is 19.5. The Morgan fingerprint density at radius 1 is 1.48 bits per heavy atom. The summed E-state index contributed by atoms with van der Waals surface area (Å²) in [6.07, 6.45) is 5.57. The Bertz CT molecular complexity index is 632. The van der Waals surface area contributed by atoms with Gasteiger partial charge in [-0.15, -0.1) is 35.3 Å². The molecule has 1 aromatic heterocycles. The summed E-state index contributed by atoms with van der Waals surface area (Å²) in [6, 6.07) is 4.65. The van der Waals surface area contributed by atoms with Crippen LogP contribution in [0.1, 0.15) is 49.9 Å². The number of carbonyl (C=O) groups excluding carboxylic acids is 1. The van der Waals surface area contributed by atoms with Crippen LogP contribution < -0.4 is 10.6 Å². The lowest BCUT2D eigenvalue weighted by molar-refractivity contribution is -0.134. The van der Waals surface area contributed by atoms with Gasteiger partial charge in [0.15, 0.2) is 5.96 Å². The topological polar surface area (TPSA) is 66.0 Å². The number of rotatable bonds is 5. The first-order valence-electron chi connectivity index (χ1n) is 9.42. The Balaban J connectivity index is 0.00000261. The van der Waals surface area contributed by atoms with Gasteiger partial charge in [-0.25, -0.2) is 4.99 Å². The maximum absolute atomic E-state index is 12.0. The molecule has 1 amide bonds. The SMILES string of the molecule is CC(NC(=NCC(=O)N(C)C)NC1CCOC2(CCC2)C1)c1cccs1.I. The Morgan fingerprint density at radius 2 is 2.26 bits per heavy atom. The number of thiophene rings is 1. The third kappa shape index (κ3) is 6.05. The molecule has 0 bridgehead atoms. The van der Waals surface area contributed by atoms with E-state index in [0.29, 0.717) is 12.0 Å². The Morgan fingerprint density at radius 3 is 2.85 bits per heavy atom. The van der Waals surface area contributed by atoms with E-state index in [1.807, 2.05) is 0 Å². The zero-order valence-electron chi connectivity index (χ0n) is 16.4. The molecule has 0 radical (unpaired) electrons. The number of halogens is 1. The van der Waals surface area contributed by atoms with Crippen LogP contribution in [0, 0.1) is 0 Å². The number of hydrogen-bond acceptors (Lipinski definition) is 4. The van der Waals surface area contributed by atoms with Gasteiger partial charge in [0.05, 0.1) is 11.6 Å². The standard InChI is InChI=1S/C19H30N4O2S.HI/c1-14(16-6-4-11-26-16)21-18(20-13-17(24)23(2)3)22-15-7-10-25-19(12-15)8-5-9-19;/h4,6,11,14-15H,5,7-10,12-13H2,1-3H3,(H2,20,21,22);1H. The van der Waals surface area contributed by atoms with Crippen LogP contribution in [0.5, 0.6) is 0 Å². The molecule has 6 nitrogen and oxygen atoms in total. The van der Waals surface area contributed by atoms with E-state index in [2.05, 4.69) is 40.1 Å². The lowest BCUT2D eigenvalue weighted by Gasteiger charge is -2.47. The Hall–Kier alpha value is -0.870. The summed E-state index contributed by atoms with van der Waals surface area (Å²) in [5.74, 6) is 0.708. The van der Waals surface area contributed by atoms with Gasteiger partial charge in [0.1, 0.15) is 6.54 Å². The molecule has 2 N–H and O–H groups in total. The van der Waals surface area contributed by atoms with Crippen molar-refractivity contribution in [3.05, 3.63) is 22.4 Å². The van der Waals surface area contributed by atoms with Gasteiger partial charge in [0.25, 0.3) is 0 Å². The van der Waals surface area contributed by atoms with Crippen LogP contribution in [0.25, 0.3) is 0 Å². The number of aliphatic imine (C=N–C) groups is 1. The molecule has 2 heterocycles. The molecule has 2 aliphatic rings. The van der Waals surface area contributed by atoms with Gasteiger partial charge in [-0.1, -0.05) is 6.07 Å². The summed E-state index contributed by atoms with van der Waals surface area (Å²) >= 11 is 1.72. The highest BCUT2D eigenvalue weighted by molar-refractivity contribution is 14.0. The second-order valence-electron chi connectivity index (χ2n) is 7.55. The molecule has 1 saturated heterocycles. The molecule has 0 aromatic carbocycles. The fraction of sp³-hybridized carbons (Fsp3) is 0.684. The highest BCUT2D eigenvalue weighted by atomic mass is 127. The van der Waals surface area contributed by atoms with Crippen LogP contribution in [0.2, 0.25) is 0 Å². The minimum absolute atomic E-state index is 0.